The molecule has 1 N–H and O–H groups in total. The largest absolute Gasteiger partial charge is 0.494 e. The summed E-state index contributed by atoms with van der Waals surface area (Å²) < 4.78 is 5.54. The van der Waals surface area contributed by atoms with E-state index in [4.69, 9.17) is 9.72 Å². The molecule has 0 aliphatic carbocycles. The molecule has 0 radical (unpaired) electrons. The van der Waals surface area contributed by atoms with Crippen LogP contribution in [0.15, 0.2) is 54.6 Å². The number of para-hydroxylation sites is 1. The number of pyridine rings is 1. The van der Waals surface area contributed by atoms with Crippen LogP contribution in [0.1, 0.15) is 51.9 Å². The second-order valence-electron chi connectivity index (χ2n) is 8.33. The first kappa shape index (κ1) is 25.9. The zero-order valence-corrected chi connectivity index (χ0v) is 22.1. The Morgan fingerprint density at radius 3 is 2.43 bits per heavy atom. The van der Waals surface area contributed by atoms with Crippen molar-refractivity contribution >= 4 is 39.1 Å². The number of carbonyl (C=O) groups excluding carboxylic acids is 2. The van der Waals surface area contributed by atoms with E-state index in [2.05, 4.69) is 11.4 Å². The van der Waals surface area contributed by atoms with E-state index < -0.39 is 0 Å². The van der Waals surface area contributed by atoms with Gasteiger partial charge in [0, 0.05) is 24.0 Å². The van der Waals surface area contributed by atoms with Crippen molar-refractivity contribution in [3.8, 4) is 23.1 Å². The Balaban J connectivity index is 1.74. The summed E-state index contributed by atoms with van der Waals surface area (Å²) in [6, 6.07) is 18.9. The van der Waals surface area contributed by atoms with E-state index in [-0.39, 0.29) is 11.8 Å². The lowest BCUT2D eigenvalue weighted by atomic mass is 10.0. The van der Waals surface area contributed by atoms with Crippen LogP contribution < -0.4 is 10.1 Å². The van der Waals surface area contributed by atoms with Crippen LogP contribution >= 0.6 is 11.3 Å². The summed E-state index contributed by atoms with van der Waals surface area (Å²) in [5.41, 5.74) is 3.49. The molecule has 0 fully saturated rings. The number of benzene rings is 2. The fraction of sp³-hybridized carbons (Fsp3) is 0.241. The van der Waals surface area contributed by atoms with E-state index in [1.165, 1.54) is 0 Å². The number of nitrogens with one attached hydrogen (secondary N) is 1. The third kappa shape index (κ3) is 5.18. The van der Waals surface area contributed by atoms with Crippen LogP contribution in [0, 0.1) is 18.3 Å². The third-order valence-corrected chi connectivity index (χ3v) is 7.35. The van der Waals surface area contributed by atoms with Gasteiger partial charge in [0.2, 0.25) is 0 Å². The molecule has 0 aliphatic heterocycles. The van der Waals surface area contributed by atoms with Crippen molar-refractivity contribution in [2.45, 2.75) is 27.7 Å². The van der Waals surface area contributed by atoms with Crippen molar-refractivity contribution in [1.29, 1.82) is 5.26 Å². The number of ether oxygens (including phenoxy) is 1. The third-order valence-electron chi connectivity index (χ3n) is 6.15. The van der Waals surface area contributed by atoms with Crippen LogP contribution in [0.3, 0.4) is 0 Å². The highest BCUT2D eigenvalue weighted by atomic mass is 32.1. The number of rotatable bonds is 8. The predicted molar refractivity (Wildman–Crippen MR) is 147 cm³/mol. The molecule has 0 spiro atoms. The van der Waals surface area contributed by atoms with E-state index in [9.17, 15) is 14.9 Å². The maximum Gasteiger partial charge on any atom is 0.264 e. The standard InChI is InChI=1S/C29H28N4O3S/c1-5-33(6-2)29(35)26-18(4)23(17-30)28(37-26)32-27(34)22-16-25(31-24-11-9-8-10-21(22)24)19-12-14-20(15-13-19)36-7-3/h8-16H,5-7H2,1-4H3,(H,32,34). The Morgan fingerprint density at radius 1 is 1.08 bits per heavy atom. The molecule has 2 aromatic heterocycles. The Bertz CT molecular complexity index is 1500. The molecule has 37 heavy (non-hydrogen) atoms. The number of amides is 2. The van der Waals surface area contributed by atoms with E-state index >= 15 is 0 Å². The van der Waals surface area contributed by atoms with Crippen LogP contribution in [-0.4, -0.2) is 41.4 Å². The van der Waals surface area contributed by atoms with Gasteiger partial charge in [0.1, 0.15) is 16.8 Å². The van der Waals surface area contributed by atoms with E-state index in [1.807, 2.05) is 69.3 Å². The first-order chi connectivity index (χ1) is 17.9. The zero-order valence-electron chi connectivity index (χ0n) is 21.3. The lowest BCUT2D eigenvalue weighted by molar-refractivity contribution is 0.0777. The van der Waals surface area contributed by atoms with Gasteiger partial charge in [-0.1, -0.05) is 18.2 Å². The Labute approximate surface area is 220 Å². The number of hydrogen-bond acceptors (Lipinski definition) is 6. The van der Waals surface area contributed by atoms with Crippen LogP contribution in [0.5, 0.6) is 5.75 Å². The average Bonchev–Trinajstić information content (AvgIpc) is 3.23. The SMILES string of the molecule is CCOc1ccc(-c2cc(C(=O)Nc3sc(C(=O)N(CC)CC)c(C)c3C#N)c3ccccc3n2)cc1. The minimum absolute atomic E-state index is 0.142. The minimum atomic E-state index is -0.370. The summed E-state index contributed by atoms with van der Waals surface area (Å²) in [6.45, 7) is 9.20. The number of fused-ring (bicyclic) bond motifs is 1. The van der Waals surface area contributed by atoms with Crippen molar-refractivity contribution in [3.63, 3.8) is 0 Å². The van der Waals surface area contributed by atoms with Crippen molar-refractivity contribution in [1.82, 2.24) is 9.88 Å². The Morgan fingerprint density at radius 2 is 1.78 bits per heavy atom. The monoisotopic (exact) mass is 512 g/mol. The van der Waals surface area contributed by atoms with Gasteiger partial charge >= 0.3 is 0 Å². The molecule has 2 heterocycles. The molecule has 0 atom stereocenters. The molecule has 0 aliphatic rings. The lowest BCUT2D eigenvalue weighted by Crippen LogP contribution is -2.30. The molecular formula is C29H28N4O3S. The van der Waals surface area contributed by atoms with Gasteiger partial charge in [0.25, 0.3) is 11.8 Å². The van der Waals surface area contributed by atoms with Crippen molar-refractivity contribution in [2.75, 3.05) is 25.0 Å². The molecule has 2 amide bonds. The molecule has 8 heteroatoms. The molecule has 7 nitrogen and oxygen atoms in total. The maximum absolute atomic E-state index is 13.6. The Kier molecular flexibility index (Phi) is 7.85. The maximum atomic E-state index is 13.6. The van der Waals surface area contributed by atoms with Gasteiger partial charge < -0.3 is 15.0 Å². The fourth-order valence-electron chi connectivity index (χ4n) is 4.16. The number of hydrogen-bond donors (Lipinski definition) is 1. The van der Waals surface area contributed by atoms with Crippen molar-refractivity contribution in [2.24, 2.45) is 0 Å². The highest BCUT2D eigenvalue weighted by Gasteiger charge is 2.25. The summed E-state index contributed by atoms with van der Waals surface area (Å²) in [7, 11) is 0. The molecule has 0 unspecified atom stereocenters. The van der Waals surface area contributed by atoms with E-state index in [0.717, 1.165) is 22.6 Å². The molecule has 0 saturated carbocycles. The number of carbonyl (C=O) groups is 2. The number of nitriles is 1. The predicted octanol–water partition coefficient (Wildman–Crippen LogP) is 6.28. The van der Waals surface area contributed by atoms with Crippen LogP contribution in [0.4, 0.5) is 5.00 Å². The summed E-state index contributed by atoms with van der Waals surface area (Å²) in [6.07, 6.45) is 0. The van der Waals surface area contributed by atoms with Gasteiger partial charge in [0.15, 0.2) is 0 Å². The van der Waals surface area contributed by atoms with Crippen molar-refractivity contribution in [3.05, 3.63) is 76.2 Å². The molecule has 0 saturated heterocycles. The first-order valence-electron chi connectivity index (χ1n) is 12.2. The van der Waals surface area contributed by atoms with E-state index in [1.54, 1.807) is 17.9 Å². The van der Waals surface area contributed by atoms with Crippen LogP contribution in [-0.2, 0) is 0 Å². The lowest BCUT2D eigenvalue weighted by Gasteiger charge is -2.17. The summed E-state index contributed by atoms with van der Waals surface area (Å²) in [5.74, 6) is 0.249. The van der Waals surface area contributed by atoms with Crippen LogP contribution in [0.2, 0.25) is 0 Å². The summed E-state index contributed by atoms with van der Waals surface area (Å²) in [5, 5.41) is 13.8. The fourth-order valence-corrected chi connectivity index (χ4v) is 5.28. The molecular weight excluding hydrogens is 484 g/mol. The van der Waals surface area contributed by atoms with Gasteiger partial charge in [-0.25, -0.2) is 4.98 Å². The van der Waals surface area contributed by atoms with Crippen LogP contribution in [0.25, 0.3) is 22.2 Å². The van der Waals surface area contributed by atoms with Gasteiger partial charge in [0.05, 0.1) is 33.8 Å². The van der Waals surface area contributed by atoms with Gasteiger partial charge in [-0.05, 0) is 69.7 Å². The normalized spacial score (nSPS) is 10.7. The highest BCUT2D eigenvalue weighted by Crippen LogP contribution is 2.34. The topological polar surface area (TPSA) is 95.3 Å². The summed E-state index contributed by atoms with van der Waals surface area (Å²) in [4.78, 5) is 33.5. The second kappa shape index (κ2) is 11.2. The number of anilines is 1. The van der Waals surface area contributed by atoms with Crippen molar-refractivity contribution < 1.29 is 14.3 Å². The number of aromatic nitrogens is 1. The first-order valence-corrected chi connectivity index (χ1v) is 13.0. The summed E-state index contributed by atoms with van der Waals surface area (Å²) >= 11 is 1.14. The molecule has 0 bridgehead atoms. The highest BCUT2D eigenvalue weighted by molar-refractivity contribution is 7.18. The number of thiophene rings is 1. The smallest absolute Gasteiger partial charge is 0.264 e. The zero-order chi connectivity index (χ0) is 26.5. The minimum Gasteiger partial charge on any atom is -0.494 e. The van der Waals surface area contributed by atoms with Gasteiger partial charge in [-0.15, -0.1) is 11.3 Å². The second-order valence-corrected chi connectivity index (χ2v) is 9.35. The Hall–Kier alpha value is -4.22. The molecule has 4 aromatic rings. The molecule has 4 rings (SSSR count). The van der Waals surface area contributed by atoms with Gasteiger partial charge in [-0.2, -0.15) is 5.26 Å². The number of nitrogens with zero attached hydrogens (tertiary/aromatic N) is 3. The van der Waals surface area contributed by atoms with Gasteiger partial charge in [-0.3, -0.25) is 9.59 Å². The molecule has 2 aromatic carbocycles. The van der Waals surface area contributed by atoms with E-state index in [0.29, 0.717) is 62.9 Å². The quantitative estimate of drug-likeness (QED) is 0.300. The molecule has 188 valence electrons. The average molecular weight is 513 g/mol.